The monoisotopic (exact) mass is 295 g/mol. The molecular weight excluding hydrogens is 274 g/mol. The molecule has 0 radical (unpaired) electrons. The molecule has 1 heterocycles. The fourth-order valence-electron chi connectivity index (χ4n) is 2.71. The SMILES string of the molecule is CC(=O)c1ccc(S(C)(=O)=O)c(N2CC[C@H](C)[C@@H]2C)c1. The van der Waals surface area contributed by atoms with Crippen LogP contribution in [0.3, 0.4) is 0 Å². The summed E-state index contributed by atoms with van der Waals surface area (Å²) in [6.07, 6.45) is 2.25. The quantitative estimate of drug-likeness (QED) is 0.804. The molecule has 0 aromatic heterocycles. The molecule has 0 amide bonds. The lowest BCUT2D eigenvalue weighted by Crippen LogP contribution is -2.30. The summed E-state index contributed by atoms with van der Waals surface area (Å²) in [4.78, 5) is 14.0. The second kappa shape index (κ2) is 5.20. The van der Waals surface area contributed by atoms with Gasteiger partial charge in [0, 0.05) is 24.4 Å². The lowest BCUT2D eigenvalue weighted by atomic mass is 10.0. The molecule has 2 atom stereocenters. The van der Waals surface area contributed by atoms with Gasteiger partial charge in [0.05, 0.1) is 10.6 Å². The van der Waals surface area contributed by atoms with Crippen LogP contribution in [0.1, 0.15) is 37.6 Å². The number of anilines is 1. The molecule has 0 unspecified atom stereocenters. The van der Waals surface area contributed by atoms with Gasteiger partial charge in [-0.1, -0.05) is 6.92 Å². The van der Waals surface area contributed by atoms with Crippen molar-refractivity contribution >= 4 is 21.3 Å². The maximum Gasteiger partial charge on any atom is 0.177 e. The number of carbonyl (C=O) groups is 1. The van der Waals surface area contributed by atoms with Crippen molar-refractivity contribution in [3.05, 3.63) is 23.8 Å². The Hall–Kier alpha value is -1.36. The zero-order chi connectivity index (χ0) is 15.1. The molecule has 1 aliphatic heterocycles. The number of Topliss-reactive ketones (excluding diaryl/α,β-unsaturated/α-hetero) is 1. The van der Waals surface area contributed by atoms with E-state index < -0.39 is 9.84 Å². The van der Waals surface area contributed by atoms with Crippen LogP contribution in [-0.4, -0.2) is 33.0 Å². The summed E-state index contributed by atoms with van der Waals surface area (Å²) < 4.78 is 23.9. The maximum absolute atomic E-state index is 12.0. The first-order chi connectivity index (χ1) is 9.21. The Morgan fingerprint density at radius 3 is 2.40 bits per heavy atom. The van der Waals surface area contributed by atoms with Crippen LogP contribution < -0.4 is 4.90 Å². The van der Waals surface area contributed by atoms with Crippen molar-refractivity contribution in [3.63, 3.8) is 0 Å². The minimum absolute atomic E-state index is 0.0498. The molecule has 1 saturated heterocycles. The standard InChI is InChI=1S/C15H21NO3S/c1-10-7-8-16(11(10)2)14-9-13(12(3)17)5-6-15(14)20(4,18)19/h5-6,9-11H,7-8H2,1-4H3/t10-,11-/m0/s1. The fourth-order valence-corrected chi connectivity index (χ4v) is 3.58. The highest BCUT2D eigenvalue weighted by Gasteiger charge is 2.30. The Labute approximate surface area is 120 Å². The highest BCUT2D eigenvalue weighted by Crippen LogP contribution is 2.34. The van der Waals surface area contributed by atoms with E-state index in [0.29, 0.717) is 22.1 Å². The molecule has 20 heavy (non-hydrogen) atoms. The zero-order valence-corrected chi connectivity index (χ0v) is 13.2. The van der Waals surface area contributed by atoms with Crippen molar-refractivity contribution in [2.45, 2.75) is 38.1 Å². The molecule has 1 fully saturated rings. The van der Waals surface area contributed by atoms with Crippen LogP contribution in [0.25, 0.3) is 0 Å². The van der Waals surface area contributed by atoms with Crippen molar-refractivity contribution < 1.29 is 13.2 Å². The first-order valence-electron chi connectivity index (χ1n) is 6.83. The van der Waals surface area contributed by atoms with Crippen LogP contribution in [0.2, 0.25) is 0 Å². The summed E-state index contributed by atoms with van der Waals surface area (Å²) in [6, 6.07) is 5.13. The van der Waals surface area contributed by atoms with Gasteiger partial charge in [-0.2, -0.15) is 0 Å². The topological polar surface area (TPSA) is 54.5 Å². The van der Waals surface area contributed by atoms with Crippen LogP contribution in [0.4, 0.5) is 5.69 Å². The first kappa shape index (κ1) is 15.0. The number of carbonyl (C=O) groups excluding carboxylic acids is 1. The molecule has 2 rings (SSSR count). The summed E-state index contributed by atoms with van der Waals surface area (Å²) in [5.74, 6) is 0.467. The second-order valence-electron chi connectivity index (χ2n) is 5.71. The number of sulfone groups is 1. The Morgan fingerprint density at radius 1 is 1.30 bits per heavy atom. The third-order valence-electron chi connectivity index (χ3n) is 4.21. The predicted molar refractivity (Wildman–Crippen MR) is 80.1 cm³/mol. The zero-order valence-electron chi connectivity index (χ0n) is 12.4. The molecule has 1 aromatic rings. The Bertz CT molecular complexity index is 637. The van der Waals surface area contributed by atoms with Gasteiger partial charge in [-0.05, 0) is 44.4 Å². The van der Waals surface area contributed by atoms with Crippen LogP contribution >= 0.6 is 0 Å². The molecule has 0 bridgehead atoms. The minimum Gasteiger partial charge on any atom is -0.367 e. The maximum atomic E-state index is 12.0. The first-order valence-corrected chi connectivity index (χ1v) is 8.72. The molecular formula is C15H21NO3S. The molecule has 0 saturated carbocycles. The smallest absolute Gasteiger partial charge is 0.177 e. The number of nitrogens with zero attached hydrogens (tertiary/aromatic N) is 1. The van der Waals surface area contributed by atoms with E-state index in [9.17, 15) is 13.2 Å². The average molecular weight is 295 g/mol. The summed E-state index contributed by atoms with van der Waals surface area (Å²) >= 11 is 0. The fraction of sp³-hybridized carbons (Fsp3) is 0.533. The van der Waals surface area contributed by atoms with E-state index in [0.717, 1.165) is 13.0 Å². The van der Waals surface area contributed by atoms with Crippen molar-refractivity contribution in [3.8, 4) is 0 Å². The van der Waals surface area contributed by atoms with E-state index in [-0.39, 0.29) is 11.8 Å². The third kappa shape index (κ3) is 2.73. The summed E-state index contributed by atoms with van der Waals surface area (Å²) in [5.41, 5.74) is 1.22. The largest absolute Gasteiger partial charge is 0.367 e. The van der Waals surface area contributed by atoms with Gasteiger partial charge in [0.2, 0.25) is 0 Å². The highest BCUT2D eigenvalue weighted by atomic mass is 32.2. The van der Waals surface area contributed by atoms with Gasteiger partial charge in [0.15, 0.2) is 15.6 Å². The van der Waals surface area contributed by atoms with Crippen LogP contribution in [0.15, 0.2) is 23.1 Å². The van der Waals surface area contributed by atoms with Gasteiger partial charge in [-0.3, -0.25) is 4.79 Å². The van der Waals surface area contributed by atoms with Crippen molar-refractivity contribution in [2.24, 2.45) is 5.92 Å². The average Bonchev–Trinajstić information content (AvgIpc) is 2.68. The van der Waals surface area contributed by atoms with Gasteiger partial charge in [-0.15, -0.1) is 0 Å². The van der Waals surface area contributed by atoms with Gasteiger partial charge in [-0.25, -0.2) is 8.42 Å². The minimum atomic E-state index is -3.31. The number of ketones is 1. The van der Waals surface area contributed by atoms with Crippen LogP contribution in [-0.2, 0) is 9.84 Å². The van der Waals surface area contributed by atoms with Gasteiger partial charge >= 0.3 is 0 Å². The molecule has 0 spiro atoms. The molecule has 1 aromatic carbocycles. The van der Waals surface area contributed by atoms with Crippen LogP contribution in [0, 0.1) is 5.92 Å². The summed E-state index contributed by atoms with van der Waals surface area (Å²) in [5, 5.41) is 0. The molecule has 5 heteroatoms. The van der Waals surface area contributed by atoms with Gasteiger partial charge < -0.3 is 4.90 Å². The summed E-state index contributed by atoms with van der Waals surface area (Å²) in [7, 11) is -3.31. The highest BCUT2D eigenvalue weighted by molar-refractivity contribution is 7.90. The van der Waals surface area contributed by atoms with Gasteiger partial charge in [0.1, 0.15) is 0 Å². The lowest BCUT2D eigenvalue weighted by molar-refractivity contribution is 0.101. The number of hydrogen-bond acceptors (Lipinski definition) is 4. The Kier molecular flexibility index (Phi) is 3.91. The Balaban J connectivity index is 2.59. The summed E-state index contributed by atoms with van der Waals surface area (Å²) in [6.45, 7) is 6.59. The molecule has 1 aliphatic rings. The molecule has 4 nitrogen and oxygen atoms in total. The van der Waals surface area contributed by atoms with E-state index in [1.807, 2.05) is 0 Å². The lowest BCUT2D eigenvalue weighted by Gasteiger charge is -2.27. The van der Waals surface area contributed by atoms with Crippen molar-refractivity contribution in [2.75, 3.05) is 17.7 Å². The number of benzene rings is 1. The molecule has 0 N–H and O–H groups in total. The molecule has 0 aliphatic carbocycles. The van der Waals surface area contributed by atoms with E-state index in [2.05, 4.69) is 18.7 Å². The Morgan fingerprint density at radius 2 is 1.95 bits per heavy atom. The van der Waals surface area contributed by atoms with E-state index in [1.165, 1.54) is 13.2 Å². The number of rotatable bonds is 3. The van der Waals surface area contributed by atoms with E-state index in [1.54, 1.807) is 18.2 Å². The predicted octanol–water partition coefficient (Wildman–Crippen LogP) is 2.53. The van der Waals surface area contributed by atoms with E-state index in [4.69, 9.17) is 0 Å². The third-order valence-corrected chi connectivity index (χ3v) is 5.36. The van der Waals surface area contributed by atoms with E-state index >= 15 is 0 Å². The van der Waals surface area contributed by atoms with Crippen molar-refractivity contribution in [1.29, 1.82) is 0 Å². The molecule has 110 valence electrons. The number of hydrogen-bond donors (Lipinski definition) is 0. The van der Waals surface area contributed by atoms with Crippen molar-refractivity contribution in [1.82, 2.24) is 0 Å². The van der Waals surface area contributed by atoms with Gasteiger partial charge in [0.25, 0.3) is 0 Å². The normalized spacial score (nSPS) is 23.1. The van der Waals surface area contributed by atoms with Crippen LogP contribution in [0.5, 0.6) is 0 Å². The second-order valence-corrected chi connectivity index (χ2v) is 7.69.